The summed E-state index contributed by atoms with van der Waals surface area (Å²) in [5.74, 6) is -1.01. The molecule has 0 aliphatic heterocycles. The number of aromatic nitrogens is 1. The minimum absolute atomic E-state index is 0.0273. The summed E-state index contributed by atoms with van der Waals surface area (Å²) in [7, 11) is -2.01. The lowest BCUT2D eigenvalue weighted by Gasteiger charge is -2.25. The highest BCUT2D eigenvalue weighted by Crippen LogP contribution is 2.18. The Bertz CT molecular complexity index is 519. The number of carbonyl (C=O) groups is 1. The van der Waals surface area contributed by atoms with Crippen LogP contribution in [0.3, 0.4) is 0 Å². The maximum Gasteiger partial charge on any atom is 0.304 e. The molecular weight excluding hydrogens is 256 g/mol. The summed E-state index contributed by atoms with van der Waals surface area (Å²) in [6.45, 7) is 3.42. The van der Waals surface area contributed by atoms with Crippen LogP contribution in [0.5, 0.6) is 0 Å². The Kier molecular flexibility index (Phi) is 4.53. The Balaban J connectivity index is 3.05. The van der Waals surface area contributed by atoms with Gasteiger partial charge in [0.25, 0.3) is 10.0 Å². The summed E-state index contributed by atoms with van der Waals surface area (Å²) < 4.78 is 27.5. The second kappa shape index (κ2) is 5.53. The molecule has 0 aliphatic carbocycles. The Morgan fingerprint density at radius 1 is 1.50 bits per heavy atom. The van der Waals surface area contributed by atoms with Crippen LogP contribution < -0.4 is 0 Å². The zero-order valence-electron chi connectivity index (χ0n) is 10.7. The lowest BCUT2D eigenvalue weighted by Crippen LogP contribution is -2.39. The number of rotatable bonds is 6. The predicted molar refractivity (Wildman–Crippen MR) is 66.7 cm³/mol. The normalized spacial score (nSPS) is 12.3. The summed E-state index contributed by atoms with van der Waals surface area (Å²) in [6.07, 6.45) is 1.43. The lowest BCUT2D eigenvalue weighted by molar-refractivity contribution is -0.137. The van der Waals surface area contributed by atoms with E-state index in [1.54, 1.807) is 33.2 Å². The van der Waals surface area contributed by atoms with Crippen molar-refractivity contribution in [2.75, 3.05) is 6.54 Å². The lowest BCUT2D eigenvalue weighted by atomic mass is 10.3. The fourth-order valence-electron chi connectivity index (χ4n) is 1.70. The molecule has 0 saturated carbocycles. The average Bonchev–Trinajstić information content (AvgIpc) is 2.63. The van der Waals surface area contributed by atoms with Crippen LogP contribution in [0.15, 0.2) is 23.4 Å². The van der Waals surface area contributed by atoms with Crippen LogP contribution in [0.1, 0.15) is 20.3 Å². The fourth-order valence-corrected chi connectivity index (χ4v) is 3.50. The van der Waals surface area contributed by atoms with Crippen LogP contribution in [0.4, 0.5) is 0 Å². The summed E-state index contributed by atoms with van der Waals surface area (Å²) in [4.78, 5) is 10.6. The molecule has 1 aromatic rings. The molecular formula is C11H18N2O4S. The maximum atomic E-state index is 12.4. The van der Waals surface area contributed by atoms with Gasteiger partial charge in [-0.1, -0.05) is 0 Å². The van der Waals surface area contributed by atoms with E-state index in [2.05, 4.69) is 0 Å². The van der Waals surface area contributed by atoms with Crippen LogP contribution >= 0.6 is 0 Å². The first-order chi connectivity index (χ1) is 8.26. The van der Waals surface area contributed by atoms with E-state index in [0.717, 1.165) is 0 Å². The zero-order chi connectivity index (χ0) is 13.9. The van der Waals surface area contributed by atoms with Gasteiger partial charge in [0.2, 0.25) is 0 Å². The molecule has 0 aromatic carbocycles. The van der Waals surface area contributed by atoms with E-state index in [0.29, 0.717) is 0 Å². The van der Waals surface area contributed by atoms with Crippen molar-refractivity contribution in [2.24, 2.45) is 7.05 Å². The van der Waals surface area contributed by atoms with Crippen LogP contribution in [0, 0.1) is 0 Å². The van der Waals surface area contributed by atoms with Crippen molar-refractivity contribution >= 4 is 16.0 Å². The van der Waals surface area contributed by atoms with Crippen molar-refractivity contribution < 1.29 is 18.3 Å². The molecule has 0 unspecified atom stereocenters. The monoisotopic (exact) mass is 274 g/mol. The number of hydrogen-bond acceptors (Lipinski definition) is 3. The number of hydrogen-bond donors (Lipinski definition) is 1. The molecule has 6 nitrogen and oxygen atoms in total. The van der Waals surface area contributed by atoms with Crippen LogP contribution in [0.25, 0.3) is 0 Å². The summed E-state index contributed by atoms with van der Waals surface area (Å²) >= 11 is 0. The molecule has 0 atom stereocenters. The van der Waals surface area contributed by atoms with Crippen molar-refractivity contribution in [3.63, 3.8) is 0 Å². The third-order valence-electron chi connectivity index (χ3n) is 2.59. The minimum Gasteiger partial charge on any atom is -0.481 e. The highest BCUT2D eigenvalue weighted by Gasteiger charge is 2.29. The third kappa shape index (κ3) is 3.11. The predicted octanol–water partition coefficient (Wildman–Crippen LogP) is 0.899. The van der Waals surface area contributed by atoms with E-state index in [1.807, 2.05) is 0 Å². The van der Waals surface area contributed by atoms with Gasteiger partial charge in [-0.3, -0.25) is 4.79 Å². The van der Waals surface area contributed by atoms with Gasteiger partial charge in [-0.2, -0.15) is 4.31 Å². The Hall–Kier alpha value is -1.34. The van der Waals surface area contributed by atoms with Crippen molar-refractivity contribution in [1.82, 2.24) is 8.87 Å². The number of carboxylic acid groups (broad SMARTS) is 1. The van der Waals surface area contributed by atoms with Gasteiger partial charge in [0.15, 0.2) is 0 Å². The topological polar surface area (TPSA) is 79.6 Å². The third-order valence-corrected chi connectivity index (χ3v) is 4.77. The molecule has 0 saturated heterocycles. The van der Waals surface area contributed by atoms with Gasteiger partial charge in [-0.05, 0) is 26.0 Å². The number of aliphatic carboxylic acids is 1. The van der Waals surface area contributed by atoms with Crippen molar-refractivity contribution in [1.29, 1.82) is 0 Å². The Labute approximate surface area is 107 Å². The molecule has 0 spiro atoms. The fraction of sp³-hybridized carbons (Fsp3) is 0.545. The van der Waals surface area contributed by atoms with Gasteiger partial charge in [-0.25, -0.2) is 8.42 Å². The van der Waals surface area contributed by atoms with Gasteiger partial charge >= 0.3 is 5.97 Å². The Morgan fingerprint density at radius 2 is 2.11 bits per heavy atom. The van der Waals surface area contributed by atoms with E-state index >= 15 is 0 Å². The SMILES string of the molecule is CC(C)N(CCC(=O)O)S(=O)(=O)c1cccn1C. The van der Waals surface area contributed by atoms with Crippen molar-refractivity contribution in [2.45, 2.75) is 31.3 Å². The number of aryl methyl sites for hydroxylation is 1. The highest BCUT2D eigenvalue weighted by molar-refractivity contribution is 7.89. The molecule has 1 aromatic heterocycles. The van der Waals surface area contributed by atoms with Crippen LogP contribution in [-0.2, 0) is 21.9 Å². The smallest absolute Gasteiger partial charge is 0.304 e. The molecule has 0 aliphatic rings. The van der Waals surface area contributed by atoms with E-state index in [9.17, 15) is 13.2 Å². The molecule has 7 heteroatoms. The van der Waals surface area contributed by atoms with Crippen molar-refractivity contribution in [3.8, 4) is 0 Å². The molecule has 1 rings (SSSR count). The summed E-state index contributed by atoms with van der Waals surface area (Å²) in [6, 6.07) is 2.86. The number of sulfonamides is 1. The molecule has 18 heavy (non-hydrogen) atoms. The first-order valence-electron chi connectivity index (χ1n) is 5.61. The molecule has 0 bridgehead atoms. The van der Waals surface area contributed by atoms with E-state index < -0.39 is 16.0 Å². The second-order valence-electron chi connectivity index (χ2n) is 4.31. The van der Waals surface area contributed by atoms with Gasteiger partial charge in [0.1, 0.15) is 5.03 Å². The first-order valence-corrected chi connectivity index (χ1v) is 7.05. The van der Waals surface area contributed by atoms with E-state index in [-0.39, 0.29) is 24.0 Å². The first kappa shape index (κ1) is 14.7. The molecule has 0 radical (unpaired) electrons. The molecule has 102 valence electrons. The van der Waals surface area contributed by atoms with E-state index in [4.69, 9.17) is 5.11 Å². The maximum absolute atomic E-state index is 12.4. The second-order valence-corrected chi connectivity index (χ2v) is 6.15. The molecule has 0 amide bonds. The largest absolute Gasteiger partial charge is 0.481 e. The number of carboxylic acids is 1. The van der Waals surface area contributed by atoms with Gasteiger partial charge < -0.3 is 9.67 Å². The van der Waals surface area contributed by atoms with Gasteiger partial charge in [0.05, 0.1) is 6.42 Å². The van der Waals surface area contributed by atoms with Gasteiger partial charge in [-0.15, -0.1) is 0 Å². The van der Waals surface area contributed by atoms with Crippen LogP contribution in [-0.4, -0.2) is 41.0 Å². The number of nitrogens with zero attached hydrogens (tertiary/aromatic N) is 2. The molecule has 0 fully saturated rings. The summed E-state index contributed by atoms with van der Waals surface area (Å²) in [5.41, 5.74) is 0. The molecule has 1 heterocycles. The van der Waals surface area contributed by atoms with Crippen molar-refractivity contribution in [3.05, 3.63) is 18.3 Å². The summed E-state index contributed by atoms with van der Waals surface area (Å²) in [5, 5.41) is 8.84. The standard InChI is InChI=1S/C11H18N2O4S/c1-9(2)13(8-6-11(14)15)18(16,17)10-5-4-7-12(10)3/h4-5,7,9H,6,8H2,1-3H3,(H,14,15). The van der Waals surface area contributed by atoms with E-state index in [1.165, 1.54) is 14.9 Å². The van der Waals surface area contributed by atoms with Gasteiger partial charge in [0, 0.05) is 25.8 Å². The quantitative estimate of drug-likeness (QED) is 0.835. The van der Waals surface area contributed by atoms with Crippen LogP contribution in [0.2, 0.25) is 0 Å². The minimum atomic E-state index is -3.65. The highest BCUT2D eigenvalue weighted by atomic mass is 32.2. The average molecular weight is 274 g/mol. The zero-order valence-corrected chi connectivity index (χ0v) is 11.5. The molecule has 1 N–H and O–H groups in total. The Morgan fingerprint density at radius 3 is 2.50 bits per heavy atom.